The summed E-state index contributed by atoms with van der Waals surface area (Å²) in [6.45, 7) is 1.60. The van der Waals surface area contributed by atoms with E-state index in [2.05, 4.69) is 31.0 Å². The van der Waals surface area contributed by atoms with Gasteiger partial charge in [0.25, 0.3) is 0 Å². The van der Waals surface area contributed by atoms with Crippen LogP contribution < -0.4 is 9.64 Å². The quantitative estimate of drug-likeness (QED) is 0.882. The minimum Gasteiger partial charge on any atom is -0.489 e. The fourth-order valence-electron chi connectivity index (χ4n) is 2.53. The number of carboxylic acids is 1. The molecule has 23 heavy (non-hydrogen) atoms. The Labute approximate surface area is 142 Å². The number of para-hydroxylation sites is 1. The maximum atomic E-state index is 10.8. The van der Waals surface area contributed by atoms with E-state index in [1.165, 1.54) is 6.07 Å². The Morgan fingerprint density at radius 3 is 2.52 bits per heavy atom. The Hall–Kier alpha value is -2.15. The molecule has 2 aromatic rings. The fourth-order valence-corrected chi connectivity index (χ4v) is 2.91. The average molecular weight is 378 g/mol. The predicted octanol–water partition coefficient (Wildman–Crippen LogP) is 2.99. The van der Waals surface area contributed by atoms with Crippen molar-refractivity contribution in [3.8, 4) is 5.75 Å². The molecule has 7 heteroatoms. The molecule has 6 nitrogen and oxygen atoms in total. The second kappa shape index (κ2) is 6.95. The van der Waals surface area contributed by atoms with E-state index >= 15 is 0 Å². The summed E-state index contributed by atoms with van der Waals surface area (Å²) in [6.07, 6.45) is 1.92. The first-order valence-corrected chi connectivity index (χ1v) is 8.16. The van der Waals surface area contributed by atoms with Crippen LogP contribution in [0.25, 0.3) is 0 Å². The van der Waals surface area contributed by atoms with Crippen molar-refractivity contribution in [2.24, 2.45) is 0 Å². The second-order valence-corrected chi connectivity index (χ2v) is 6.17. The molecule has 0 aliphatic carbocycles. The molecular weight excluding hydrogens is 362 g/mol. The first-order valence-electron chi connectivity index (χ1n) is 7.36. The number of nitrogens with zero attached hydrogens (tertiary/aromatic N) is 3. The van der Waals surface area contributed by atoms with Gasteiger partial charge in [-0.15, -0.1) is 10.2 Å². The van der Waals surface area contributed by atoms with Crippen molar-refractivity contribution in [1.82, 2.24) is 10.2 Å². The summed E-state index contributed by atoms with van der Waals surface area (Å²) < 4.78 is 6.99. The van der Waals surface area contributed by atoms with Gasteiger partial charge in [0.15, 0.2) is 11.5 Å². The van der Waals surface area contributed by atoms with E-state index < -0.39 is 5.97 Å². The summed E-state index contributed by atoms with van der Waals surface area (Å²) >= 11 is 3.49. The van der Waals surface area contributed by atoms with Gasteiger partial charge in [-0.1, -0.05) is 12.1 Å². The Morgan fingerprint density at radius 2 is 1.91 bits per heavy atom. The molecule has 1 aromatic carbocycles. The summed E-state index contributed by atoms with van der Waals surface area (Å²) in [5.41, 5.74) is -0.0408. The molecule has 1 aliphatic rings. The summed E-state index contributed by atoms with van der Waals surface area (Å²) in [6, 6.07) is 11.0. The molecule has 0 unspecified atom stereocenters. The van der Waals surface area contributed by atoms with Crippen LogP contribution in [0.3, 0.4) is 0 Å². The summed E-state index contributed by atoms with van der Waals surface area (Å²) in [4.78, 5) is 12.9. The Bertz CT molecular complexity index is 685. The molecule has 1 aliphatic heterocycles. The number of aromatic nitrogens is 2. The highest BCUT2D eigenvalue weighted by Gasteiger charge is 2.22. The SMILES string of the molecule is O=C(O)c1ccc(N2CCC(Oc3ccccc3Br)CC2)nn1. The zero-order valence-corrected chi connectivity index (χ0v) is 13.9. The number of ether oxygens (including phenoxy) is 1. The Morgan fingerprint density at radius 1 is 1.17 bits per heavy atom. The summed E-state index contributed by atoms with van der Waals surface area (Å²) in [5, 5.41) is 16.6. The van der Waals surface area contributed by atoms with Gasteiger partial charge < -0.3 is 14.7 Å². The van der Waals surface area contributed by atoms with Crippen molar-refractivity contribution >= 4 is 27.7 Å². The number of halogens is 1. The number of benzene rings is 1. The molecule has 1 N–H and O–H groups in total. The second-order valence-electron chi connectivity index (χ2n) is 5.32. The number of aromatic carboxylic acids is 1. The zero-order chi connectivity index (χ0) is 16.2. The van der Waals surface area contributed by atoms with Crippen LogP contribution in [0.5, 0.6) is 5.75 Å². The number of anilines is 1. The van der Waals surface area contributed by atoms with Crippen LogP contribution in [-0.4, -0.2) is 40.5 Å². The monoisotopic (exact) mass is 377 g/mol. The van der Waals surface area contributed by atoms with Crippen molar-refractivity contribution in [1.29, 1.82) is 0 Å². The van der Waals surface area contributed by atoms with E-state index in [-0.39, 0.29) is 11.8 Å². The molecule has 0 spiro atoms. The number of carboxylic acid groups (broad SMARTS) is 1. The minimum absolute atomic E-state index is 0.0408. The van der Waals surface area contributed by atoms with Gasteiger partial charge in [-0.25, -0.2) is 4.79 Å². The fraction of sp³-hybridized carbons (Fsp3) is 0.312. The first kappa shape index (κ1) is 15.7. The lowest BCUT2D eigenvalue weighted by atomic mass is 10.1. The zero-order valence-electron chi connectivity index (χ0n) is 12.4. The highest BCUT2D eigenvalue weighted by atomic mass is 79.9. The highest BCUT2D eigenvalue weighted by molar-refractivity contribution is 9.10. The van der Waals surface area contributed by atoms with Crippen LogP contribution in [0.1, 0.15) is 23.3 Å². The van der Waals surface area contributed by atoms with Gasteiger partial charge in [0.05, 0.1) is 4.47 Å². The molecule has 1 aromatic heterocycles. The van der Waals surface area contributed by atoms with Crippen LogP contribution in [0.4, 0.5) is 5.82 Å². The van der Waals surface area contributed by atoms with Crippen LogP contribution in [0, 0.1) is 0 Å². The lowest BCUT2D eigenvalue weighted by Crippen LogP contribution is -2.38. The Balaban J connectivity index is 1.58. The molecule has 0 radical (unpaired) electrons. The largest absolute Gasteiger partial charge is 0.489 e. The number of hydrogen-bond donors (Lipinski definition) is 1. The van der Waals surface area contributed by atoms with Gasteiger partial charge in [-0.3, -0.25) is 0 Å². The van der Waals surface area contributed by atoms with Crippen molar-refractivity contribution in [3.63, 3.8) is 0 Å². The molecule has 1 saturated heterocycles. The minimum atomic E-state index is -1.07. The maximum Gasteiger partial charge on any atom is 0.356 e. The topological polar surface area (TPSA) is 75.5 Å². The van der Waals surface area contributed by atoms with E-state index in [1.54, 1.807) is 6.07 Å². The predicted molar refractivity (Wildman–Crippen MR) is 89.0 cm³/mol. The highest BCUT2D eigenvalue weighted by Crippen LogP contribution is 2.27. The van der Waals surface area contributed by atoms with Crippen molar-refractivity contribution in [3.05, 3.63) is 46.6 Å². The average Bonchev–Trinajstić information content (AvgIpc) is 2.58. The molecule has 2 heterocycles. The van der Waals surface area contributed by atoms with Gasteiger partial charge in [0.2, 0.25) is 0 Å². The molecule has 0 bridgehead atoms. The molecule has 3 rings (SSSR count). The van der Waals surface area contributed by atoms with Gasteiger partial charge in [-0.2, -0.15) is 0 Å². The standard InChI is InChI=1S/C16H16BrN3O3/c17-12-3-1-2-4-14(12)23-11-7-9-20(10-8-11)15-6-5-13(16(21)22)18-19-15/h1-6,11H,7-10H2,(H,21,22). The summed E-state index contributed by atoms with van der Waals surface area (Å²) in [5.74, 6) is 0.496. The van der Waals surface area contributed by atoms with Crippen molar-refractivity contribution in [2.75, 3.05) is 18.0 Å². The number of carbonyl (C=O) groups is 1. The van der Waals surface area contributed by atoms with Crippen molar-refractivity contribution in [2.45, 2.75) is 18.9 Å². The molecule has 0 amide bonds. The lowest BCUT2D eigenvalue weighted by Gasteiger charge is -2.32. The Kier molecular flexibility index (Phi) is 4.76. The van der Waals surface area contributed by atoms with Crippen LogP contribution >= 0.6 is 15.9 Å². The molecular formula is C16H16BrN3O3. The van der Waals surface area contributed by atoms with Gasteiger partial charge >= 0.3 is 5.97 Å². The summed E-state index contributed by atoms with van der Waals surface area (Å²) in [7, 11) is 0. The third-order valence-electron chi connectivity index (χ3n) is 3.77. The van der Waals surface area contributed by atoms with Crippen molar-refractivity contribution < 1.29 is 14.6 Å². The van der Waals surface area contributed by atoms with E-state index in [9.17, 15) is 4.79 Å². The first-order chi connectivity index (χ1) is 11.1. The molecule has 120 valence electrons. The van der Waals surface area contributed by atoms with Crippen LogP contribution in [-0.2, 0) is 0 Å². The number of rotatable bonds is 4. The normalized spacial score (nSPS) is 15.4. The van der Waals surface area contributed by atoms with E-state index in [0.29, 0.717) is 5.82 Å². The number of hydrogen-bond acceptors (Lipinski definition) is 5. The van der Waals surface area contributed by atoms with Gasteiger partial charge in [-0.05, 0) is 40.2 Å². The smallest absolute Gasteiger partial charge is 0.356 e. The van der Waals surface area contributed by atoms with Gasteiger partial charge in [0, 0.05) is 25.9 Å². The third kappa shape index (κ3) is 3.79. The molecule has 0 atom stereocenters. The third-order valence-corrected chi connectivity index (χ3v) is 4.42. The van der Waals surface area contributed by atoms with E-state index in [4.69, 9.17) is 9.84 Å². The molecule has 1 fully saturated rings. The van der Waals surface area contributed by atoms with Gasteiger partial charge in [0.1, 0.15) is 11.9 Å². The van der Waals surface area contributed by atoms with Crippen LogP contribution in [0.15, 0.2) is 40.9 Å². The lowest BCUT2D eigenvalue weighted by molar-refractivity contribution is 0.0689. The maximum absolute atomic E-state index is 10.8. The van der Waals surface area contributed by atoms with E-state index in [1.807, 2.05) is 24.3 Å². The number of piperidine rings is 1. The van der Waals surface area contributed by atoms with Crippen LogP contribution in [0.2, 0.25) is 0 Å². The molecule has 0 saturated carbocycles. The van der Waals surface area contributed by atoms with E-state index in [0.717, 1.165) is 36.2 Å².